The molecular formula is C28H34N4O5. The van der Waals surface area contributed by atoms with Gasteiger partial charge in [-0.05, 0) is 58.9 Å². The van der Waals surface area contributed by atoms with Crippen LogP contribution in [0.3, 0.4) is 0 Å². The Hall–Kier alpha value is -3.59. The van der Waals surface area contributed by atoms with E-state index in [2.05, 4.69) is 10.3 Å². The molecule has 9 nitrogen and oxygen atoms in total. The van der Waals surface area contributed by atoms with Crippen LogP contribution in [0.1, 0.15) is 79.7 Å². The van der Waals surface area contributed by atoms with Gasteiger partial charge in [0.1, 0.15) is 23.2 Å². The number of amides is 2. The van der Waals surface area contributed by atoms with Crippen molar-refractivity contribution in [2.75, 3.05) is 6.61 Å². The van der Waals surface area contributed by atoms with Crippen molar-refractivity contribution in [2.45, 2.75) is 76.8 Å². The first-order chi connectivity index (χ1) is 17.4. The highest BCUT2D eigenvalue weighted by Gasteiger charge is 2.44. The molecule has 5 rings (SSSR count). The summed E-state index contributed by atoms with van der Waals surface area (Å²) in [5.74, 6) is 0.949. The van der Waals surface area contributed by atoms with Gasteiger partial charge in [0.2, 0.25) is 5.91 Å². The zero-order valence-corrected chi connectivity index (χ0v) is 21.9. The van der Waals surface area contributed by atoms with Crippen molar-refractivity contribution in [2.24, 2.45) is 10.7 Å². The predicted octanol–water partition coefficient (Wildman–Crippen LogP) is 3.15. The lowest BCUT2D eigenvalue weighted by Crippen LogP contribution is -2.53. The van der Waals surface area contributed by atoms with Crippen molar-refractivity contribution < 1.29 is 24.2 Å². The number of nitrogens with one attached hydrogen (secondary N) is 1. The second-order valence-corrected chi connectivity index (χ2v) is 11.3. The Labute approximate surface area is 216 Å². The number of carbonyl (C=O) groups is 2. The Morgan fingerprint density at radius 3 is 2.59 bits per heavy atom. The van der Waals surface area contributed by atoms with Crippen molar-refractivity contribution in [3.05, 3.63) is 58.7 Å². The first kappa shape index (κ1) is 25.1. The summed E-state index contributed by atoms with van der Waals surface area (Å²) < 4.78 is 11.9. The molecule has 3 aliphatic heterocycles. The molecule has 0 aliphatic carbocycles. The number of aryl methyl sites for hydroxylation is 1. The SMILES string of the molecule is Cc1ccc2c(c1)[C@@H](NC(=O)c1ccc3c(c1)[C@H](N1C(=O)CC(C)(C)N=C1N)CCO3)[C@H](O)C(C)(C)O2. The minimum Gasteiger partial charge on any atom is -0.493 e. The summed E-state index contributed by atoms with van der Waals surface area (Å²) in [5, 5.41) is 14.1. The summed E-state index contributed by atoms with van der Waals surface area (Å²) in [6.07, 6.45) is -0.193. The van der Waals surface area contributed by atoms with Crippen LogP contribution in [-0.2, 0) is 4.79 Å². The number of rotatable bonds is 3. The molecule has 3 aliphatic rings. The molecule has 37 heavy (non-hydrogen) atoms. The lowest BCUT2D eigenvalue weighted by Gasteiger charge is -2.42. The standard InChI is InChI=1S/C28H34N4O5/c1-15-6-8-21-18(12-15)23(24(34)28(4,5)37-21)30-25(35)16-7-9-20-17(13-16)19(10-11-36-20)32-22(33)14-27(2,3)31-26(32)29/h6-9,12-13,19,23-24,34H,10-11,14H2,1-5H3,(H2,29,31)(H,30,35)/t19-,23-,24+/m1/s1. The lowest BCUT2D eigenvalue weighted by atomic mass is 9.85. The molecule has 0 spiro atoms. The molecule has 0 aromatic heterocycles. The van der Waals surface area contributed by atoms with Crippen LogP contribution in [0, 0.1) is 6.92 Å². The third-order valence-corrected chi connectivity index (χ3v) is 7.30. The first-order valence-electron chi connectivity index (χ1n) is 12.6. The molecule has 2 amide bonds. The fourth-order valence-electron chi connectivity index (χ4n) is 5.41. The third-order valence-electron chi connectivity index (χ3n) is 7.30. The molecule has 3 heterocycles. The molecule has 2 aromatic rings. The van der Waals surface area contributed by atoms with Crippen molar-refractivity contribution in [1.82, 2.24) is 10.2 Å². The predicted molar refractivity (Wildman–Crippen MR) is 139 cm³/mol. The van der Waals surface area contributed by atoms with E-state index in [9.17, 15) is 14.7 Å². The molecule has 0 radical (unpaired) electrons. The molecule has 9 heteroatoms. The van der Waals surface area contributed by atoms with Gasteiger partial charge in [0.15, 0.2) is 5.96 Å². The number of guanidine groups is 1. The summed E-state index contributed by atoms with van der Waals surface area (Å²) in [4.78, 5) is 32.6. The van der Waals surface area contributed by atoms with E-state index in [4.69, 9.17) is 15.2 Å². The second-order valence-electron chi connectivity index (χ2n) is 11.3. The highest BCUT2D eigenvalue weighted by atomic mass is 16.5. The third kappa shape index (κ3) is 4.52. The van der Waals surface area contributed by atoms with Gasteiger partial charge in [0, 0.05) is 23.1 Å². The zero-order chi connectivity index (χ0) is 26.7. The zero-order valence-electron chi connectivity index (χ0n) is 21.9. The first-order valence-corrected chi connectivity index (χ1v) is 12.6. The molecule has 4 N–H and O–H groups in total. The van der Waals surface area contributed by atoms with E-state index in [0.29, 0.717) is 35.7 Å². The monoisotopic (exact) mass is 506 g/mol. The summed E-state index contributed by atoms with van der Waals surface area (Å²) in [7, 11) is 0. The van der Waals surface area contributed by atoms with Gasteiger partial charge in [-0.25, -0.2) is 4.99 Å². The minimum atomic E-state index is -0.968. The van der Waals surface area contributed by atoms with Crippen molar-refractivity contribution in [3.63, 3.8) is 0 Å². The molecule has 2 aromatic carbocycles. The molecule has 0 bridgehead atoms. The fourth-order valence-corrected chi connectivity index (χ4v) is 5.41. The summed E-state index contributed by atoms with van der Waals surface area (Å²) in [6, 6.07) is 9.83. The Morgan fingerprint density at radius 1 is 1.14 bits per heavy atom. The number of aliphatic hydroxyl groups is 1. The van der Waals surface area contributed by atoms with Crippen LogP contribution >= 0.6 is 0 Å². The lowest BCUT2D eigenvalue weighted by molar-refractivity contribution is -0.131. The van der Waals surface area contributed by atoms with Gasteiger partial charge >= 0.3 is 0 Å². The Bertz CT molecular complexity index is 1300. The van der Waals surface area contributed by atoms with Gasteiger partial charge < -0.3 is 25.6 Å². The molecule has 0 saturated heterocycles. The number of nitrogens with two attached hydrogens (primary N) is 1. The minimum absolute atomic E-state index is 0.107. The molecule has 196 valence electrons. The summed E-state index contributed by atoms with van der Waals surface area (Å²) in [5.41, 5.74) is 7.61. The Morgan fingerprint density at radius 2 is 1.86 bits per heavy atom. The number of ether oxygens (including phenoxy) is 2. The maximum absolute atomic E-state index is 13.5. The number of aliphatic imine (C=N–C) groups is 1. The van der Waals surface area contributed by atoms with E-state index < -0.39 is 23.3 Å². The molecule has 3 atom stereocenters. The average Bonchev–Trinajstić information content (AvgIpc) is 2.81. The number of hydrogen-bond donors (Lipinski definition) is 3. The van der Waals surface area contributed by atoms with Crippen LogP contribution in [0.2, 0.25) is 0 Å². The van der Waals surface area contributed by atoms with Crippen LogP contribution in [-0.4, -0.2) is 51.6 Å². The van der Waals surface area contributed by atoms with Crippen LogP contribution in [0.4, 0.5) is 0 Å². The fraction of sp³-hybridized carbons (Fsp3) is 0.464. The quantitative estimate of drug-likeness (QED) is 0.587. The second kappa shape index (κ2) is 8.76. The number of benzene rings is 2. The van der Waals surface area contributed by atoms with E-state index >= 15 is 0 Å². The van der Waals surface area contributed by atoms with Gasteiger partial charge in [0.05, 0.1) is 30.7 Å². The van der Waals surface area contributed by atoms with Gasteiger partial charge in [-0.15, -0.1) is 0 Å². The van der Waals surface area contributed by atoms with E-state index in [0.717, 1.165) is 11.1 Å². The number of aliphatic hydroxyl groups excluding tert-OH is 1. The van der Waals surface area contributed by atoms with Crippen molar-refractivity contribution in [3.8, 4) is 11.5 Å². The van der Waals surface area contributed by atoms with Crippen molar-refractivity contribution >= 4 is 17.8 Å². The van der Waals surface area contributed by atoms with Gasteiger partial charge in [-0.2, -0.15) is 0 Å². The molecule has 0 saturated carbocycles. The van der Waals surface area contributed by atoms with Gasteiger partial charge in [-0.3, -0.25) is 14.5 Å². The topological polar surface area (TPSA) is 126 Å². The van der Waals surface area contributed by atoms with Crippen molar-refractivity contribution in [1.29, 1.82) is 0 Å². The van der Waals surface area contributed by atoms with E-state index in [1.807, 2.05) is 39.0 Å². The average molecular weight is 507 g/mol. The van der Waals surface area contributed by atoms with Gasteiger partial charge in [0.25, 0.3) is 5.91 Å². The Kier molecular flexibility index (Phi) is 5.94. The maximum Gasteiger partial charge on any atom is 0.251 e. The van der Waals surface area contributed by atoms with Crippen LogP contribution in [0.15, 0.2) is 41.4 Å². The van der Waals surface area contributed by atoms with Crippen LogP contribution in [0.25, 0.3) is 0 Å². The summed E-state index contributed by atoms with van der Waals surface area (Å²) >= 11 is 0. The smallest absolute Gasteiger partial charge is 0.251 e. The summed E-state index contributed by atoms with van der Waals surface area (Å²) in [6.45, 7) is 9.71. The molecular weight excluding hydrogens is 472 g/mol. The highest BCUT2D eigenvalue weighted by Crippen LogP contribution is 2.41. The largest absolute Gasteiger partial charge is 0.493 e. The maximum atomic E-state index is 13.5. The van der Waals surface area contributed by atoms with Crippen LogP contribution < -0.4 is 20.5 Å². The number of hydrogen-bond acceptors (Lipinski definition) is 7. The van der Waals surface area contributed by atoms with E-state index in [1.165, 1.54) is 4.90 Å². The molecule has 0 fully saturated rings. The Balaban J connectivity index is 1.47. The van der Waals surface area contributed by atoms with Gasteiger partial charge in [-0.1, -0.05) is 17.7 Å². The number of fused-ring (bicyclic) bond motifs is 2. The normalized spacial score (nSPS) is 25.7. The number of carbonyl (C=O) groups excluding carboxylic acids is 2. The highest BCUT2D eigenvalue weighted by molar-refractivity contribution is 6.00. The number of nitrogens with zero attached hydrogens (tertiary/aromatic N) is 2. The van der Waals surface area contributed by atoms with Crippen LogP contribution in [0.5, 0.6) is 11.5 Å². The van der Waals surface area contributed by atoms with E-state index in [1.54, 1.807) is 32.0 Å². The van der Waals surface area contributed by atoms with E-state index in [-0.39, 0.29) is 30.2 Å². The molecule has 0 unspecified atom stereocenters.